The molecular weight excluding hydrogens is 144 g/mol. The van der Waals surface area contributed by atoms with E-state index in [-0.39, 0.29) is 0 Å². The Hall–Kier alpha value is -1.12. The van der Waals surface area contributed by atoms with Crippen LogP contribution >= 0.6 is 0 Å². The van der Waals surface area contributed by atoms with Gasteiger partial charge in [-0.05, 0) is 19.3 Å². The Morgan fingerprint density at radius 1 is 1.27 bits per heavy atom. The highest BCUT2D eigenvalue weighted by atomic mass is 16.6. The van der Waals surface area contributed by atoms with Gasteiger partial charge in [-0.1, -0.05) is 6.08 Å². The van der Waals surface area contributed by atoms with Crippen molar-refractivity contribution in [2.45, 2.75) is 25.7 Å². The second-order valence-electron chi connectivity index (χ2n) is 2.44. The van der Waals surface area contributed by atoms with E-state index >= 15 is 0 Å². The average molecular weight is 154 g/mol. The third kappa shape index (κ3) is 2.98. The summed E-state index contributed by atoms with van der Waals surface area (Å²) < 4.78 is 4.41. The summed E-state index contributed by atoms with van der Waals surface area (Å²) >= 11 is 0. The molecular formula is C8H10O3. The van der Waals surface area contributed by atoms with Gasteiger partial charge in [-0.15, -0.1) is 0 Å². The zero-order valence-corrected chi connectivity index (χ0v) is 6.21. The minimum Gasteiger partial charge on any atom is -0.390 e. The molecule has 0 N–H and O–H groups in total. The Morgan fingerprint density at radius 3 is 2.91 bits per heavy atom. The van der Waals surface area contributed by atoms with Crippen molar-refractivity contribution in [3.63, 3.8) is 0 Å². The van der Waals surface area contributed by atoms with E-state index in [9.17, 15) is 9.59 Å². The molecule has 0 atom stereocenters. The predicted octanol–water partition coefficient (Wildman–Crippen LogP) is 1.19. The lowest BCUT2D eigenvalue weighted by molar-refractivity contribution is -0.156. The van der Waals surface area contributed by atoms with Crippen molar-refractivity contribution in [1.29, 1.82) is 0 Å². The minimum absolute atomic E-state index is 0.355. The monoisotopic (exact) mass is 154 g/mol. The van der Waals surface area contributed by atoms with Gasteiger partial charge < -0.3 is 4.74 Å². The van der Waals surface area contributed by atoms with E-state index in [1.807, 2.05) is 0 Å². The number of esters is 2. The summed E-state index contributed by atoms with van der Waals surface area (Å²) in [7, 11) is 0. The largest absolute Gasteiger partial charge is 0.390 e. The van der Waals surface area contributed by atoms with Crippen molar-refractivity contribution < 1.29 is 14.3 Å². The van der Waals surface area contributed by atoms with Crippen LogP contribution in [0.2, 0.25) is 0 Å². The van der Waals surface area contributed by atoms with Gasteiger partial charge in [0.25, 0.3) is 0 Å². The molecule has 1 aliphatic rings. The maximum Gasteiger partial charge on any atom is 0.338 e. The molecule has 0 fully saturated rings. The SMILES string of the molecule is O=C1C=CCCCCC(=O)O1. The van der Waals surface area contributed by atoms with Crippen molar-refractivity contribution >= 4 is 11.9 Å². The molecule has 1 rings (SSSR count). The first-order valence-electron chi connectivity index (χ1n) is 3.70. The molecule has 0 unspecified atom stereocenters. The van der Waals surface area contributed by atoms with Gasteiger partial charge in [0.2, 0.25) is 0 Å². The fourth-order valence-electron chi connectivity index (χ4n) is 0.908. The number of carbonyl (C=O) groups excluding carboxylic acids is 2. The molecule has 0 aromatic heterocycles. The molecule has 1 aliphatic heterocycles. The van der Waals surface area contributed by atoms with Crippen molar-refractivity contribution in [2.24, 2.45) is 0 Å². The highest BCUT2D eigenvalue weighted by molar-refractivity contribution is 5.92. The third-order valence-corrected chi connectivity index (χ3v) is 1.47. The number of rotatable bonds is 0. The molecule has 0 saturated carbocycles. The first kappa shape index (κ1) is 7.98. The van der Waals surface area contributed by atoms with Crippen LogP contribution in [0.1, 0.15) is 25.7 Å². The van der Waals surface area contributed by atoms with Crippen LogP contribution in [0.25, 0.3) is 0 Å². The van der Waals surface area contributed by atoms with Gasteiger partial charge in [0.1, 0.15) is 0 Å². The van der Waals surface area contributed by atoms with E-state index in [1.54, 1.807) is 6.08 Å². The Labute approximate surface area is 65.0 Å². The van der Waals surface area contributed by atoms with Crippen LogP contribution in [0.5, 0.6) is 0 Å². The highest BCUT2D eigenvalue weighted by Crippen LogP contribution is 2.05. The van der Waals surface area contributed by atoms with E-state index in [0.29, 0.717) is 6.42 Å². The lowest BCUT2D eigenvalue weighted by atomic mass is 10.2. The van der Waals surface area contributed by atoms with Gasteiger partial charge in [-0.2, -0.15) is 0 Å². The lowest BCUT2D eigenvalue weighted by Crippen LogP contribution is -2.08. The number of ether oxygens (including phenoxy) is 1. The molecule has 3 heteroatoms. The van der Waals surface area contributed by atoms with Crippen LogP contribution in [0.3, 0.4) is 0 Å². The van der Waals surface area contributed by atoms with Crippen LogP contribution in [-0.4, -0.2) is 11.9 Å². The maximum absolute atomic E-state index is 10.7. The first-order chi connectivity index (χ1) is 5.29. The van der Waals surface area contributed by atoms with Crippen LogP contribution in [0, 0.1) is 0 Å². The van der Waals surface area contributed by atoms with Gasteiger partial charge in [-0.25, -0.2) is 4.79 Å². The number of hydrogen-bond donors (Lipinski definition) is 0. The topological polar surface area (TPSA) is 43.4 Å². The number of carbonyl (C=O) groups is 2. The molecule has 3 nitrogen and oxygen atoms in total. The molecule has 1 heterocycles. The van der Waals surface area contributed by atoms with E-state index in [4.69, 9.17) is 0 Å². The molecule has 11 heavy (non-hydrogen) atoms. The van der Waals surface area contributed by atoms with Crippen molar-refractivity contribution in [1.82, 2.24) is 0 Å². The predicted molar refractivity (Wildman–Crippen MR) is 38.7 cm³/mol. The zero-order chi connectivity index (χ0) is 8.10. The van der Waals surface area contributed by atoms with Crippen LogP contribution in [-0.2, 0) is 14.3 Å². The lowest BCUT2D eigenvalue weighted by Gasteiger charge is -1.95. The highest BCUT2D eigenvalue weighted by Gasteiger charge is 2.08. The average Bonchev–Trinajstić information content (AvgIpc) is 2.02. The van der Waals surface area contributed by atoms with E-state index in [1.165, 1.54) is 6.08 Å². The van der Waals surface area contributed by atoms with E-state index in [0.717, 1.165) is 19.3 Å². The molecule has 0 spiro atoms. The van der Waals surface area contributed by atoms with E-state index < -0.39 is 11.9 Å². The third-order valence-electron chi connectivity index (χ3n) is 1.47. The Balaban J connectivity index is 2.52. The summed E-state index contributed by atoms with van der Waals surface area (Å²) in [5, 5.41) is 0. The molecule has 0 bridgehead atoms. The Bertz CT molecular complexity index is 194. The summed E-state index contributed by atoms with van der Waals surface area (Å²) in [4.78, 5) is 21.4. The fourth-order valence-corrected chi connectivity index (χ4v) is 0.908. The zero-order valence-electron chi connectivity index (χ0n) is 6.21. The van der Waals surface area contributed by atoms with Gasteiger partial charge in [0.15, 0.2) is 0 Å². The molecule has 0 amide bonds. The summed E-state index contributed by atoms with van der Waals surface area (Å²) in [6.45, 7) is 0. The number of cyclic esters (lactones) is 2. The minimum atomic E-state index is -0.545. The summed E-state index contributed by atoms with van der Waals surface area (Å²) in [5.41, 5.74) is 0. The van der Waals surface area contributed by atoms with Gasteiger partial charge in [0, 0.05) is 12.5 Å². The number of hydrogen-bond acceptors (Lipinski definition) is 3. The molecule has 0 aromatic rings. The summed E-state index contributed by atoms with van der Waals surface area (Å²) in [6.07, 6.45) is 6.00. The van der Waals surface area contributed by atoms with Crippen LogP contribution in [0.15, 0.2) is 12.2 Å². The maximum atomic E-state index is 10.7. The molecule has 0 saturated heterocycles. The van der Waals surface area contributed by atoms with Crippen molar-refractivity contribution in [3.8, 4) is 0 Å². The molecule has 0 aromatic carbocycles. The second-order valence-corrected chi connectivity index (χ2v) is 2.44. The molecule has 0 aliphatic carbocycles. The standard InChI is InChI=1S/C8H10O3/c9-7-5-3-1-2-4-6-8(10)11-7/h3,5H,1-2,4,6H2. The summed E-state index contributed by atoms with van der Waals surface area (Å²) in [6, 6.07) is 0. The first-order valence-corrected chi connectivity index (χ1v) is 3.70. The molecule has 60 valence electrons. The van der Waals surface area contributed by atoms with Gasteiger partial charge in [0.05, 0.1) is 0 Å². The van der Waals surface area contributed by atoms with Crippen LogP contribution < -0.4 is 0 Å². The normalized spacial score (nSPS) is 20.0. The molecule has 0 radical (unpaired) electrons. The Morgan fingerprint density at radius 2 is 2.09 bits per heavy atom. The van der Waals surface area contributed by atoms with E-state index in [2.05, 4.69) is 4.74 Å². The van der Waals surface area contributed by atoms with Crippen molar-refractivity contribution in [3.05, 3.63) is 12.2 Å². The number of allylic oxidation sites excluding steroid dienone is 1. The fraction of sp³-hybridized carbons (Fsp3) is 0.500. The van der Waals surface area contributed by atoms with Crippen molar-refractivity contribution in [2.75, 3.05) is 0 Å². The smallest absolute Gasteiger partial charge is 0.338 e. The Kier molecular flexibility index (Phi) is 2.83. The van der Waals surface area contributed by atoms with Gasteiger partial charge in [-0.3, -0.25) is 4.79 Å². The second kappa shape index (κ2) is 3.91. The van der Waals surface area contributed by atoms with Gasteiger partial charge >= 0.3 is 11.9 Å². The van der Waals surface area contributed by atoms with Crippen LogP contribution in [0.4, 0.5) is 0 Å². The quantitative estimate of drug-likeness (QED) is 0.388. The summed E-state index contributed by atoms with van der Waals surface area (Å²) in [5.74, 6) is -0.960.